The zero-order chi connectivity index (χ0) is 26.3. The summed E-state index contributed by atoms with van der Waals surface area (Å²) < 4.78 is 11.1. The number of aromatic nitrogens is 3. The van der Waals surface area contributed by atoms with Crippen LogP contribution in [0.15, 0.2) is 29.1 Å². The Kier molecular flexibility index (Phi) is 5.49. The summed E-state index contributed by atoms with van der Waals surface area (Å²) in [5.74, 6) is 0.772. The predicted octanol–water partition coefficient (Wildman–Crippen LogP) is 5.64. The minimum Gasteiger partial charge on any atom is -0.444 e. The van der Waals surface area contributed by atoms with E-state index in [1.54, 1.807) is 0 Å². The summed E-state index contributed by atoms with van der Waals surface area (Å²) in [6.07, 6.45) is 9.19. The largest absolute Gasteiger partial charge is 0.444 e. The monoisotopic (exact) mass is 579 g/mol. The minimum atomic E-state index is -0.489. The van der Waals surface area contributed by atoms with E-state index >= 15 is 0 Å². The summed E-state index contributed by atoms with van der Waals surface area (Å²) in [5.41, 5.74) is 4.54. The summed E-state index contributed by atoms with van der Waals surface area (Å²) in [5, 5.41) is 0. The first-order valence-corrected chi connectivity index (χ1v) is 14.7. The summed E-state index contributed by atoms with van der Waals surface area (Å²) in [7, 11) is 0. The van der Waals surface area contributed by atoms with E-state index in [4.69, 9.17) is 4.74 Å². The van der Waals surface area contributed by atoms with Crippen molar-refractivity contribution in [3.05, 3.63) is 45.9 Å². The van der Waals surface area contributed by atoms with E-state index in [0.717, 1.165) is 65.6 Å². The van der Waals surface area contributed by atoms with Crippen molar-refractivity contribution in [3.63, 3.8) is 0 Å². The molecule has 0 radical (unpaired) electrons. The normalized spacial score (nSPS) is 23.5. The maximum atomic E-state index is 13.2. The number of benzene rings is 1. The zero-order valence-electron chi connectivity index (χ0n) is 22.2. The highest BCUT2D eigenvalue weighted by atomic mass is 79.9. The van der Waals surface area contributed by atoms with Crippen LogP contribution in [0.25, 0.3) is 21.3 Å². The molecule has 0 spiro atoms. The van der Waals surface area contributed by atoms with Crippen molar-refractivity contribution in [2.75, 3.05) is 18.0 Å². The fraction of sp³-hybridized carbons (Fsp3) is 0.552. The van der Waals surface area contributed by atoms with Crippen molar-refractivity contribution >= 4 is 49.0 Å². The number of ether oxygens (including phenoxy) is 1. The lowest BCUT2D eigenvalue weighted by Crippen LogP contribution is -2.50. The van der Waals surface area contributed by atoms with Gasteiger partial charge in [0.1, 0.15) is 5.60 Å². The lowest BCUT2D eigenvalue weighted by atomic mass is 10.0. The number of carbonyl (C=O) groups excluding carboxylic acids is 1. The number of amides is 1. The molecule has 2 aliphatic carbocycles. The number of imidazole rings is 1. The molecule has 0 N–H and O–H groups in total. The molecule has 0 unspecified atom stereocenters. The topological polar surface area (TPSA) is 72.1 Å². The second kappa shape index (κ2) is 8.60. The Balaban J connectivity index is 1.31. The van der Waals surface area contributed by atoms with Gasteiger partial charge in [0.25, 0.3) is 5.56 Å². The van der Waals surface area contributed by atoms with E-state index in [2.05, 4.69) is 59.1 Å². The van der Waals surface area contributed by atoms with Crippen molar-refractivity contribution in [3.8, 4) is 0 Å². The number of hydrogen-bond acceptors (Lipinski definition) is 5. The predicted molar refractivity (Wildman–Crippen MR) is 152 cm³/mol. The average molecular weight is 581 g/mol. The summed E-state index contributed by atoms with van der Waals surface area (Å²) >= 11 is 3.62. The van der Waals surface area contributed by atoms with E-state index in [1.165, 1.54) is 18.5 Å². The quantitative estimate of drug-likeness (QED) is 0.392. The van der Waals surface area contributed by atoms with Gasteiger partial charge < -0.3 is 19.1 Å². The molecular formula is C29H34BrN5O3. The number of anilines is 1. The van der Waals surface area contributed by atoms with Crippen LogP contribution in [-0.2, 0) is 11.2 Å². The molecule has 2 saturated heterocycles. The van der Waals surface area contributed by atoms with E-state index in [1.807, 2.05) is 25.7 Å². The highest BCUT2D eigenvalue weighted by Crippen LogP contribution is 2.40. The van der Waals surface area contributed by atoms with Crippen LogP contribution in [0.4, 0.5) is 10.5 Å². The molecule has 2 atom stereocenters. The van der Waals surface area contributed by atoms with Crippen LogP contribution in [0, 0.1) is 0 Å². The molecule has 1 aromatic carbocycles. The van der Waals surface area contributed by atoms with Crippen molar-refractivity contribution in [1.29, 1.82) is 0 Å². The molecule has 9 heteroatoms. The van der Waals surface area contributed by atoms with Gasteiger partial charge in [0, 0.05) is 41.0 Å². The number of carbonyl (C=O) groups is 1. The van der Waals surface area contributed by atoms with Crippen molar-refractivity contribution in [1.82, 2.24) is 18.9 Å². The number of hydrogen-bond donors (Lipinski definition) is 0. The molecule has 4 aliphatic rings. The lowest BCUT2D eigenvalue weighted by molar-refractivity contribution is 0.0214. The first kappa shape index (κ1) is 24.2. The molecule has 7 rings (SSSR count). The van der Waals surface area contributed by atoms with Crippen molar-refractivity contribution < 1.29 is 9.53 Å². The maximum absolute atomic E-state index is 13.2. The summed E-state index contributed by atoms with van der Waals surface area (Å²) in [6, 6.07) is 7.51. The molecular weight excluding hydrogens is 546 g/mol. The van der Waals surface area contributed by atoms with Crippen LogP contribution >= 0.6 is 15.9 Å². The molecule has 1 amide bonds. The SMILES string of the molecule is CC(C)(C)OC(=O)N1C[C@@H]2C[C@H]1CN2c1ccc2c(c1)n(C1CCCC1)c1nc(=O)c3c(n21)CCC=C3Br. The van der Waals surface area contributed by atoms with Crippen molar-refractivity contribution in [2.45, 2.75) is 89.4 Å². The fourth-order valence-corrected chi connectivity index (χ4v) is 7.74. The lowest BCUT2D eigenvalue weighted by Gasteiger charge is -2.36. The first-order chi connectivity index (χ1) is 18.2. The highest BCUT2D eigenvalue weighted by Gasteiger charge is 2.46. The van der Waals surface area contributed by atoms with E-state index in [-0.39, 0.29) is 23.7 Å². The van der Waals surface area contributed by atoms with Gasteiger partial charge in [0.05, 0.1) is 22.6 Å². The Morgan fingerprint density at radius 3 is 2.58 bits per heavy atom. The van der Waals surface area contributed by atoms with Gasteiger partial charge in [0.15, 0.2) is 0 Å². The number of nitrogens with zero attached hydrogens (tertiary/aromatic N) is 5. The molecule has 8 nitrogen and oxygen atoms in total. The Morgan fingerprint density at radius 2 is 1.87 bits per heavy atom. The first-order valence-electron chi connectivity index (χ1n) is 13.9. The highest BCUT2D eigenvalue weighted by molar-refractivity contribution is 9.15. The van der Waals surface area contributed by atoms with Crippen LogP contribution < -0.4 is 10.5 Å². The smallest absolute Gasteiger partial charge is 0.410 e. The van der Waals surface area contributed by atoms with Gasteiger partial charge in [0.2, 0.25) is 5.78 Å². The molecule has 3 aromatic rings. The Labute approximate surface area is 230 Å². The van der Waals surface area contributed by atoms with E-state index in [0.29, 0.717) is 18.2 Å². The van der Waals surface area contributed by atoms with Gasteiger partial charge in [-0.3, -0.25) is 9.20 Å². The number of likely N-dealkylation sites (tertiary alicyclic amines) is 1. The number of fused-ring (bicyclic) bond motifs is 7. The van der Waals surface area contributed by atoms with Gasteiger partial charge in [-0.2, -0.15) is 4.98 Å². The molecule has 2 aromatic heterocycles. The molecule has 2 aliphatic heterocycles. The molecule has 38 heavy (non-hydrogen) atoms. The summed E-state index contributed by atoms with van der Waals surface area (Å²) in [4.78, 5) is 35.0. The van der Waals surface area contributed by atoms with Crippen LogP contribution in [0.1, 0.15) is 76.6 Å². The fourth-order valence-electron chi connectivity index (χ4n) is 7.11. The van der Waals surface area contributed by atoms with Gasteiger partial charge >= 0.3 is 6.09 Å². The number of allylic oxidation sites excluding steroid dienone is 1. The van der Waals surface area contributed by atoms with Crippen LogP contribution in [0.5, 0.6) is 0 Å². The number of halogens is 1. The average Bonchev–Trinajstić information content (AvgIpc) is 3.64. The number of rotatable bonds is 2. The van der Waals surface area contributed by atoms with Gasteiger partial charge in [-0.25, -0.2) is 4.79 Å². The van der Waals surface area contributed by atoms with Crippen molar-refractivity contribution in [2.24, 2.45) is 0 Å². The zero-order valence-corrected chi connectivity index (χ0v) is 23.8. The standard InChI is InChI=1S/C29H34BrN5O3/c1-29(2,3)38-28(37)33-16-19-13-20(33)15-32(19)18-11-12-22-24(14-18)34(17-7-4-5-8-17)27-31-26(36)25-21(30)9-6-10-23(25)35(22)27/h9,11-12,14,17,19-20H,4-8,10,13,15-16H2,1-3H3/t19-,20-/m0/s1. The Hall–Kier alpha value is -2.81. The Morgan fingerprint density at radius 1 is 1.08 bits per heavy atom. The van der Waals surface area contributed by atoms with Gasteiger partial charge in [-0.1, -0.05) is 34.8 Å². The minimum absolute atomic E-state index is 0.149. The molecule has 3 fully saturated rings. The molecule has 4 heterocycles. The third-order valence-corrected chi connectivity index (χ3v) is 9.40. The number of piperazine rings is 1. The summed E-state index contributed by atoms with van der Waals surface area (Å²) in [6.45, 7) is 7.24. The second-order valence-corrected chi connectivity index (χ2v) is 13.1. The van der Waals surface area contributed by atoms with Crippen LogP contribution in [0.2, 0.25) is 0 Å². The molecule has 2 bridgehead atoms. The van der Waals surface area contributed by atoms with Crippen LogP contribution in [0.3, 0.4) is 0 Å². The third-order valence-electron chi connectivity index (χ3n) is 8.68. The molecule has 200 valence electrons. The molecule has 1 saturated carbocycles. The van der Waals surface area contributed by atoms with Crippen LogP contribution in [-0.4, -0.2) is 55.7 Å². The maximum Gasteiger partial charge on any atom is 0.410 e. The van der Waals surface area contributed by atoms with Gasteiger partial charge in [-0.05, 0) is 71.1 Å². The second-order valence-electron chi connectivity index (χ2n) is 12.3. The van der Waals surface area contributed by atoms with E-state index in [9.17, 15) is 9.59 Å². The van der Waals surface area contributed by atoms with Gasteiger partial charge in [-0.15, -0.1) is 0 Å². The van der Waals surface area contributed by atoms with E-state index < -0.39 is 5.60 Å². The number of aryl methyl sites for hydroxylation is 1. The third kappa shape index (κ3) is 3.72. The Bertz CT molecular complexity index is 1560.